The standard InChI is InChI=1S/C16H9BrF7NO3S/c1-28-12(26)10-9(7-2-4-8(17)5-3-7)6-29-11(10)25-13(27)14(18,19)15(20,21)16(22,23)24/h2-6H,1H3,(H,25,27). The van der Waals surface area contributed by atoms with E-state index in [-0.39, 0.29) is 5.56 Å². The van der Waals surface area contributed by atoms with Gasteiger partial charge in [0.15, 0.2) is 0 Å². The van der Waals surface area contributed by atoms with E-state index in [1.165, 1.54) is 22.8 Å². The number of anilines is 1. The summed E-state index contributed by atoms with van der Waals surface area (Å²) in [5, 5.41) is 1.84. The Balaban J connectivity index is 2.47. The molecule has 1 amide bonds. The average Bonchev–Trinajstić information content (AvgIpc) is 3.04. The van der Waals surface area contributed by atoms with E-state index in [2.05, 4.69) is 20.7 Å². The molecule has 1 aromatic heterocycles. The normalized spacial score (nSPS) is 12.6. The van der Waals surface area contributed by atoms with E-state index >= 15 is 0 Å². The number of nitrogens with one attached hydrogen (secondary N) is 1. The summed E-state index contributed by atoms with van der Waals surface area (Å²) in [6, 6.07) is 6.17. The van der Waals surface area contributed by atoms with Gasteiger partial charge in [0.25, 0.3) is 0 Å². The number of carbonyl (C=O) groups is 2. The Hall–Kier alpha value is -2.15. The first kappa shape index (κ1) is 23.1. The zero-order valence-electron chi connectivity index (χ0n) is 14.0. The molecule has 0 spiro atoms. The largest absolute Gasteiger partial charge is 0.465 e. The number of carbonyl (C=O) groups excluding carboxylic acids is 2. The van der Waals surface area contributed by atoms with E-state index in [4.69, 9.17) is 0 Å². The quantitative estimate of drug-likeness (QED) is 0.415. The van der Waals surface area contributed by atoms with E-state index in [0.29, 0.717) is 21.4 Å². The highest BCUT2D eigenvalue weighted by Crippen LogP contribution is 2.47. The summed E-state index contributed by atoms with van der Waals surface area (Å²) in [4.78, 5) is 23.6. The van der Waals surface area contributed by atoms with Crippen LogP contribution < -0.4 is 5.32 Å². The van der Waals surface area contributed by atoms with Gasteiger partial charge in [0, 0.05) is 15.4 Å². The second kappa shape index (κ2) is 7.94. The molecule has 0 unspecified atom stereocenters. The van der Waals surface area contributed by atoms with E-state index in [9.17, 15) is 40.3 Å². The van der Waals surface area contributed by atoms with Gasteiger partial charge >= 0.3 is 29.9 Å². The SMILES string of the molecule is COC(=O)c1c(-c2ccc(Br)cc2)csc1NC(=O)C(F)(F)C(F)(F)C(F)(F)F. The van der Waals surface area contributed by atoms with Crippen molar-refractivity contribution < 1.29 is 45.1 Å². The molecule has 2 aromatic rings. The van der Waals surface area contributed by atoms with Gasteiger partial charge in [0.1, 0.15) is 10.6 Å². The molecule has 29 heavy (non-hydrogen) atoms. The van der Waals surface area contributed by atoms with Gasteiger partial charge in [-0.3, -0.25) is 4.79 Å². The number of alkyl halides is 7. The molecule has 1 heterocycles. The molecule has 1 N–H and O–H groups in total. The van der Waals surface area contributed by atoms with Gasteiger partial charge in [-0.25, -0.2) is 4.79 Å². The van der Waals surface area contributed by atoms with Crippen LogP contribution in [0.25, 0.3) is 11.1 Å². The summed E-state index contributed by atoms with van der Waals surface area (Å²) in [7, 11) is 0.934. The smallest absolute Gasteiger partial charge is 0.460 e. The molecule has 2 rings (SSSR count). The molecular formula is C16H9BrF7NO3S. The van der Waals surface area contributed by atoms with Crippen LogP contribution in [0.2, 0.25) is 0 Å². The Labute approximate surface area is 170 Å². The minimum absolute atomic E-state index is 0.0931. The highest BCUT2D eigenvalue weighted by Gasteiger charge is 2.76. The Morgan fingerprint density at radius 2 is 1.59 bits per heavy atom. The van der Waals surface area contributed by atoms with Crippen LogP contribution in [0.4, 0.5) is 35.7 Å². The minimum atomic E-state index is -6.67. The highest BCUT2D eigenvalue weighted by molar-refractivity contribution is 9.10. The Bertz CT molecular complexity index is 926. The van der Waals surface area contributed by atoms with Crippen molar-refractivity contribution >= 4 is 44.1 Å². The monoisotopic (exact) mass is 507 g/mol. The van der Waals surface area contributed by atoms with Gasteiger partial charge in [-0.15, -0.1) is 11.3 Å². The van der Waals surface area contributed by atoms with Crippen molar-refractivity contribution in [1.29, 1.82) is 0 Å². The molecule has 158 valence electrons. The maximum Gasteiger partial charge on any atom is 0.460 e. The fourth-order valence-electron chi connectivity index (χ4n) is 2.10. The number of amides is 1. The number of thiophene rings is 1. The lowest BCUT2D eigenvalue weighted by molar-refractivity contribution is -0.343. The molecule has 0 aliphatic carbocycles. The number of hydrogen-bond donors (Lipinski definition) is 1. The fourth-order valence-corrected chi connectivity index (χ4v) is 3.32. The van der Waals surface area contributed by atoms with Crippen molar-refractivity contribution in [2.45, 2.75) is 18.0 Å². The lowest BCUT2D eigenvalue weighted by Gasteiger charge is -2.26. The fraction of sp³-hybridized carbons (Fsp3) is 0.250. The van der Waals surface area contributed by atoms with E-state index in [0.717, 1.165) is 7.11 Å². The van der Waals surface area contributed by atoms with Gasteiger partial charge in [-0.1, -0.05) is 28.1 Å². The van der Waals surface area contributed by atoms with Crippen molar-refractivity contribution in [3.05, 3.63) is 39.7 Å². The molecule has 0 aliphatic heterocycles. The molecule has 0 aliphatic rings. The lowest BCUT2D eigenvalue weighted by atomic mass is 10.0. The number of halogens is 8. The number of benzene rings is 1. The van der Waals surface area contributed by atoms with Crippen LogP contribution in [-0.2, 0) is 9.53 Å². The van der Waals surface area contributed by atoms with Gasteiger partial charge in [-0.05, 0) is 17.7 Å². The minimum Gasteiger partial charge on any atom is -0.465 e. The summed E-state index contributed by atoms with van der Waals surface area (Å²) >= 11 is 3.66. The van der Waals surface area contributed by atoms with Crippen LogP contribution in [0.15, 0.2) is 34.1 Å². The molecule has 4 nitrogen and oxygen atoms in total. The maximum absolute atomic E-state index is 13.6. The van der Waals surface area contributed by atoms with Crippen molar-refractivity contribution in [1.82, 2.24) is 0 Å². The summed E-state index contributed by atoms with van der Waals surface area (Å²) in [6.07, 6.45) is -6.67. The van der Waals surface area contributed by atoms with Crippen LogP contribution in [0.1, 0.15) is 10.4 Å². The number of methoxy groups -OCH3 is 1. The topological polar surface area (TPSA) is 55.4 Å². The Morgan fingerprint density at radius 3 is 2.07 bits per heavy atom. The number of rotatable bonds is 5. The second-order valence-corrected chi connectivity index (χ2v) is 7.25. The summed E-state index contributed by atoms with van der Waals surface area (Å²) in [6.45, 7) is 0. The van der Waals surface area contributed by atoms with Crippen molar-refractivity contribution in [3.63, 3.8) is 0 Å². The third-order valence-corrected chi connectivity index (χ3v) is 5.02. The Kier molecular flexibility index (Phi) is 6.33. The first-order chi connectivity index (χ1) is 13.2. The van der Waals surface area contributed by atoms with Crippen LogP contribution in [-0.4, -0.2) is 37.0 Å². The third-order valence-electron chi connectivity index (χ3n) is 3.60. The molecule has 0 bridgehead atoms. The van der Waals surface area contributed by atoms with Crippen molar-refractivity contribution in [2.24, 2.45) is 0 Å². The molecule has 13 heteroatoms. The number of ether oxygens (including phenoxy) is 1. The van der Waals surface area contributed by atoms with E-state index in [1.807, 2.05) is 0 Å². The predicted octanol–water partition coefficient (Wildman–Crippen LogP) is 5.74. The summed E-state index contributed by atoms with van der Waals surface area (Å²) in [5.41, 5.74) is -0.00687. The van der Waals surface area contributed by atoms with Crippen molar-refractivity contribution in [3.8, 4) is 11.1 Å². The Morgan fingerprint density at radius 1 is 1.03 bits per heavy atom. The van der Waals surface area contributed by atoms with E-state index < -0.39 is 40.5 Å². The number of hydrogen-bond acceptors (Lipinski definition) is 4. The van der Waals surface area contributed by atoms with Gasteiger partial charge in [0.05, 0.1) is 7.11 Å². The van der Waals surface area contributed by atoms with Crippen LogP contribution >= 0.6 is 27.3 Å². The van der Waals surface area contributed by atoms with Gasteiger partial charge < -0.3 is 10.1 Å². The van der Waals surface area contributed by atoms with Crippen LogP contribution in [0.3, 0.4) is 0 Å². The molecular weight excluding hydrogens is 499 g/mol. The molecule has 1 aromatic carbocycles. The highest BCUT2D eigenvalue weighted by atomic mass is 79.9. The molecule has 0 radical (unpaired) electrons. The third kappa shape index (κ3) is 4.25. The first-order valence-electron chi connectivity index (χ1n) is 7.33. The zero-order valence-corrected chi connectivity index (χ0v) is 16.4. The van der Waals surface area contributed by atoms with Crippen molar-refractivity contribution in [2.75, 3.05) is 12.4 Å². The molecule has 0 saturated heterocycles. The van der Waals surface area contributed by atoms with E-state index in [1.54, 1.807) is 12.1 Å². The van der Waals surface area contributed by atoms with Crippen LogP contribution in [0, 0.1) is 0 Å². The predicted molar refractivity (Wildman–Crippen MR) is 93.4 cm³/mol. The summed E-state index contributed by atoms with van der Waals surface area (Å²) < 4.78 is 95.2. The molecule has 0 saturated carbocycles. The first-order valence-corrected chi connectivity index (χ1v) is 9.00. The number of esters is 1. The average molecular weight is 508 g/mol. The molecule has 0 atom stereocenters. The summed E-state index contributed by atoms with van der Waals surface area (Å²) in [5.74, 6) is -16.8. The second-order valence-electron chi connectivity index (χ2n) is 5.45. The zero-order chi connectivity index (χ0) is 22.2. The van der Waals surface area contributed by atoms with Gasteiger partial charge in [-0.2, -0.15) is 30.7 Å². The lowest BCUT2D eigenvalue weighted by Crippen LogP contribution is -2.57. The van der Waals surface area contributed by atoms with Gasteiger partial charge in [0.2, 0.25) is 0 Å². The maximum atomic E-state index is 13.6. The molecule has 0 fully saturated rings. The van der Waals surface area contributed by atoms with Crippen LogP contribution in [0.5, 0.6) is 0 Å².